The van der Waals surface area contributed by atoms with Gasteiger partial charge in [0, 0.05) is 0 Å². The highest BCUT2D eigenvalue weighted by molar-refractivity contribution is 5.81. The van der Waals surface area contributed by atoms with E-state index in [9.17, 15) is 4.79 Å². The number of carbonyl (C=O) groups excluding carboxylic acids is 1. The van der Waals surface area contributed by atoms with E-state index in [-0.39, 0.29) is 12.5 Å². The normalized spacial score (nSPS) is 11.7. The molecule has 1 unspecified atom stereocenters. The van der Waals surface area contributed by atoms with Gasteiger partial charge in [-0.3, -0.25) is 4.79 Å². The Hall–Kier alpha value is -1.01. The van der Waals surface area contributed by atoms with E-state index in [0.29, 0.717) is 6.42 Å². The Kier molecular flexibility index (Phi) is 5.22. The maximum absolute atomic E-state index is 11.0. The van der Waals surface area contributed by atoms with E-state index in [0.717, 1.165) is 6.42 Å². The van der Waals surface area contributed by atoms with Gasteiger partial charge in [0.2, 0.25) is 5.91 Å². The van der Waals surface area contributed by atoms with Gasteiger partial charge in [0.05, 0.1) is 12.6 Å². The molecule has 0 saturated heterocycles. The van der Waals surface area contributed by atoms with E-state index in [1.54, 1.807) is 0 Å². The number of rotatable bonds is 4. The van der Waals surface area contributed by atoms with Gasteiger partial charge in [0.1, 0.15) is 0 Å². The zero-order chi connectivity index (χ0) is 8.69. The first-order valence-electron chi connectivity index (χ1n) is 3.69. The Morgan fingerprint density at radius 3 is 2.91 bits per heavy atom. The molecule has 0 aliphatic carbocycles. The topological polar surface area (TPSA) is 55.1 Å². The molecule has 0 saturated carbocycles. The maximum Gasteiger partial charge on any atom is 0.237 e. The molecule has 0 radical (unpaired) electrons. The van der Waals surface area contributed by atoms with Crippen LogP contribution in [0.4, 0.5) is 0 Å². The second kappa shape index (κ2) is 5.75. The highest BCUT2D eigenvalue weighted by Crippen LogP contribution is 1.91. The van der Waals surface area contributed by atoms with E-state index in [1.165, 1.54) is 0 Å². The number of carbonyl (C=O) groups is 1. The third kappa shape index (κ3) is 4.40. The van der Waals surface area contributed by atoms with E-state index in [1.807, 2.05) is 6.92 Å². The molecule has 0 bridgehead atoms. The lowest BCUT2D eigenvalue weighted by atomic mass is 10.2. The summed E-state index contributed by atoms with van der Waals surface area (Å²) < 4.78 is 0. The van der Waals surface area contributed by atoms with Crippen molar-refractivity contribution in [3.05, 3.63) is 0 Å². The summed E-state index contributed by atoms with van der Waals surface area (Å²) in [5, 5.41) is 2.52. The van der Waals surface area contributed by atoms with Gasteiger partial charge in [0.15, 0.2) is 0 Å². The first-order chi connectivity index (χ1) is 5.22. The van der Waals surface area contributed by atoms with E-state index in [4.69, 9.17) is 12.2 Å². The maximum atomic E-state index is 11.0. The highest BCUT2D eigenvalue weighted by atomic mass is 16.2. The van der Waals surface area contributed by atoms with Crippen molar-refractivity contribution in [2.45, 2.75) is 25.8 Å². The quantitative estimate of drug-likeness (QED) is 0.554. The van der Waals surface area contributed by atoms with E-state index < -0.39 is 6.04 Å². The number of hydrogen-bond donors (Lipinski definition) is 2. The Morgan fingerprint density at radius 1 is 1.82 bits per heavy atom. The minimum Gasteiger partial charge on any atom is -0.344 e. The molecule has 0 aliphatic rings. The van der Waals surface area contributed by atoms with Crippen molar-refractivity contribution in [1.29, 1.82) is 0 Å². The summed E-state index contributed by atoms with van der Waals surface area (Å²) in [6.45, 7) is 2.24. The largest absolute Gasteiger partial charge is 0.344 e. The SMILES string of the molecule is C#CCNC(=O)C(N)CCC. The average molecular weight is 154 g/mol. The molecule has 3 nitrogen and oxygen atoms in total. The monoisotopic (exact) mass is 154 g/mol. The van der Waals surface area contributed by atoms with Gasteiger partial charge in [-0.05, 0) is 6.42 Å². The zero-order valence-corrected chi connectivity index (χ0v) is 6.76. The van der Waals surface area contributed by atoms with Crippen molar-refractivity contribution in [1.82, 2.24) is 5.32 Å². The van der Waals surface area contributed by atoms with Crippen molar-refractivity contribution in [3.8, 4) is 12.3 Å². The fourth-order valence-electron chi connectivity index (χ4n) is 0.711. The lowest BCUT2D eigenvalue weighted by molar-refractivity contribution is -0.122. The molecule has 0 rings (SSSR count). The van der Waals surface area contributed by atoms with Gasteiger partial charge < -0.3 is 11.1 Å². The van der Waals surface area contributed by atoms with Gasteiger partial charge in [-0.2, -0.15) is 0 Å². The molecule has 0 heterocycles. The smallest absolute Gasteiger partial charge is 0.237 e. The summed E-state index contributed by atoms with van der Waals surface area (Å²) in [6, 6.07) is -0.409. The molecule has 0 aromatic carbocycles. The number of hydrogen-bond acceptors (Lipinski definition) is 2. The molecular weight excluding hydrogens is 140 g/mol. The molecular formula is C8H14N2O. The minimum atomic E-state index is -0.409. The van der Waals surface area contributed by atoms with Crippen LogP contribution in [0.3, 0.4) is 0 Å². The molecule has 0 aromatic rings. The Bertz CT molecular complexity index is 160. The fraction of sp³-hybridized carbons (Fsp3) is 0.625. The van der Waals surface area contributed by atoms with Crippen LogP contribution in [0.5, 0.6) is 0 Å². The fourth-order valence-corrected chi connectivity index (χ4v) is 0.711. The standard InChI is InChI=1S/C8H14N2O/c1-3-5-7(9)8(11)10-6-4-2/h2,7H,3,5-6,9H2,1H3,(H,10,11). The summed E-state index contributed by atoms with van der Waals surface area (Å²) in [7, 11) is 0. The Morgan fingerprint density at radius 2 is 2.45 bits per heavy atom. The van der Waals surface area contributed by atoms with E-state index >= 15 is 0 Å². The molecule has 0 fully saturated rings. The van der Waals surface area contributed by atoms with Crippen LogP contribution in [0.25, 0.3) is 0 Å². The molecule has 0 spiro atoms. The molecule has 0 aliphatic heterocycles. The van der Waals surface area contributed by atoms with Crippen LogP contribution in [0, 0.1) is 12.3 Å². The lowest BCUT2D eigenvalue weighted by Crippen LogP contribution is -2.40. The van der Waals surface area contributed by atoms with Crippen LogP contribution < -0.4 is 11.1 Å². The van der Waals surface area contributed by atoms with Gasteiger partial charge in [-0.15, -0.1) is 6.42 Å². The average Bonchev–Trinajstić information content (AvgIpc) is 2.00. The van der Waals surface area contributed by atoms with Gasteiger partial charge >= 0.3 is 0 Å². The van der Waals surface area contributed by atoms with Crippen LogP contribution in [0.15, 0.2) is 0 Å². The number of terminal acetylenes is 1. The van der Waals surface area contributed by atoms with Crippen molar-refractivity contribution < 1.29 is 4.79 Å². The van der Waals surface area contributed by atoms with Crippen molar-refractivity contribution in [2.24, 2.45) is 5.73 Å². The molecule has 3 heteroatoms. The third-order valence-electron chi connectivity index (χ3n) is 1.30. The third-order valence-corrected chi connectivity index (χ3v) is 1.30. The number of amides is 1. The van der Waals surface area contributed by atoms with Gasteiger partial charge in [0.25, 0.3) is 0 Å². The molecule has 11 heavy (non-hydrogen) atoms. The second-order valence-electron chi connectivity index (χ2n) is 2.32. The molecule has 1 atom stereocenters. The van der Waals surface area contributed by atoms with Crippen LogP contribution in [-0.4, -0.2) is 18.5 Å². The zero-order valence-electron chi connectivity index (χ0n) is 6.76. The predicted molar refractivity (Wildman–Crippen MR) is 44.7 cm³/mol. The van der Waals surface area contributed by atoms with Crippen molar-refractivity contribution in [2.75, 3.05) is 6.54 Å². The van der Waals surface area contributed by atoms with Crippen LogP contribution in [0.1, 0.15) is 19.8 Å². The summed E-state index contributed by atoms with van der Waals surface area (Å²) in [5.41, 5.74) is 5.49. The van der Waals surface area contributed by atoms with Crippen LogP contribution >= 0.6 is 0 Å². The van der Waals surface area contributed by atoms with Crippen molar-refractivity contribution in [3.63, 3.8) is 0 Å². The second-order valence-corrected chi connectivity index (χ2v) is 2.32. The first-order valence-corrected chi connectivity index (χ1v) is 3.69. The summed E-state index contributed by atoms with van der Waals surface area (Å²) in [6.07, 6.45) is 6.56. The summed E-state index contributed by atoms with van der Waals surface area (Å²) in [5.74, 6) is 2.15. The first kappa shape index (κ1) is 9.99. The van der Waals surface area contributed by atoms with Crippen molar-refractivity contribution >= 4 is 5.91 Å². The van der Waals surface area contributed by atoms with Crippen LogP contribution in [-0.2, 0) is 4.79 Å². The number of nitrogens with two attached hydrogens (primary N) is 1. The van der Waals surface area contributed by atoms with Gasteiger partial charge in [-0.1, -0.05) is 19.3 Å². The van der Waals surface area contributed by atoms with E-state index in [2.05, 4.69) is 11.2 Å². The lowest BCUT2D eigenvalue weighted by Gasteiger charge is -2.08. The predicted octanol–water partition coefficient (Wildman–Crippen LogP) is -0.137. The summed E-state index contributed by atoms with van der Waals surface area (Å²) in [4.78, 5) is 11.0. The van der Waals surface area contributed by atoms with Crippen LogP contribution in [0.2, 0.25) is 0 Å². The Labute approximate surface area is 67.3 Å². The van der Waals surface area contributed by atoms with Gasteiger partial charge in [-0.25, -0.2) is 0 Å². The molecule has 1 amide bonds. The molecule has 0 aromatic heterocycles. The number of nitrogens with one attached hydrogen (secondary N) is 1. The Balaban J connectivity index is 3.57. The molecule has 3 N–H and O–H groups in total. The highest BCUT2D eigenvalue weighted by Gasteiger charge is 2.09. The summed E-state index contributed by atoms with van der Waals surface area (Å²) >= 11 is 0. The molecule has 62 valence electrons. The minimum absolute atomic E-state index is 0.162.